The Morgan fingerprint density at radius 3 is 2.30 bits per heavy atom. The van der Waals surface area contributed by atoms with Crippen LogP contribution in [0.5, 0.6) is 5.75 Å². The van der Waals surface area contributed by atoms with Gasteiger partial charge < -0.3 is 9.30 Å². The molecule has 0 spiro atoms. The van der Waals surface area contributed by atoms with Crippen molar-refractivity contribution in [2.24, 2.45) is 5.10 Å². The number of nitrogens with zero attached hydrogens (tertiary/aromatic N) is 3. The predicted octanol–water partition coefficient (Wildman–Crippen LogP) is 5.72. The maximum Gasteiger partial charge on any atom is 0.264 e. The lowest BCUT2D eigenvalue weighted by Crippen LogP contribution is -2.39. The number of sulfonamides is 1. The Kier molecular flexibility index (Phi) is 8.66. The fourth-order valence-corrected chi connectivity index (χ4v) is 6.29. The molecule has 0 fully saturated rings. The molecule has 1 aromatic heterocycles. The van der Waals surface area contributed by atoms with E-state index in [4.69, 9.17) is 16.3 Å². The lowest BCUT2D eigenvalue weighted by Gasteiger charge is -2.24. The number of amides is 1. The Labute approximate surface area is 239 Å². The van der Waals surface area contributed by atoms with Crippen molar-refractivity contribution in [3.63, 3.8) is 0 Å². The monoisotopic (exact) mass is 578 g/mol. The van der Waals surface area contributed by atoms with Gasteiger partial charge in [-0.15, -0.1) is 0 Å². The zero-order valence-electron chi connectivity index (χ0n) is 23.0. The van der Waals surface area contributed by atoms with Gasteiger partial charge in [0, 0.05) is 17.0 Å². The molecule has 0 saturated carbocycles. The number of carbonyl (C=O) groups excluding carboxylic acids is 1. The van der Waals surface area contributed by atoms with Gasteiger partial charge in [-0.1, -0.05) is 48.0 Å². The van der Waals surface area contributed by atoms with Gasteiger partial charge in [0.15, 0.2) is 0 Å². The van der Waals surface area contributed by atoms with Crippen LogP contribution in [-0.4, -0.2) is 38.8 Å². The smallest absolute Gasteiger partial charge is 0.264 e. The number of methoxy groups -OCH3 is 1. The van der Waals surface area contributed by atoms with Crippen LogP contribution in [-0.2, 0) is 14.8 Å². The number of anilines is 1. The topological polar surface area (TPSA) is 93.0 Å². The second-order valence-corrected chi connectivity index (χ2v) is 11.6. The van der Waals surface area contributed by atoms with E-state index in [1.54, 1.807) is 30.5 Å². The summed E-state index contributed by atoms with van der Waals surface area (Å²) in [6.45, 7) is 7.63. The minimum Gasteiger partial charge on any atom is -0.495 e. The van der Waals surface area contributed by atoms with Gasteiger partial charge in [0.05, 0.1) is 34.6 Å². The van der Waals surface area contributed by atoms with Gasteiger partial charge >= 0.3 is 0 Å². The first-order chi connectivity index (χ1) is 19.0. The third-order valence-corrected chi connectivity index (χ3v) is 8.65. The molecule has 0 atom stereocenters. The number of ether oxygens (including phenoxy) is 1. The summed E-state index contributed by atoms with van der Waals surface area (Å²) in [6.07, 6.45) is 1.56. The van der Waals surface area contributed by atoms with Gasteiger partial charge in [-0.3, -0.25) is 9.10 Å². The Balaban J connectivity index is 1.59. The summed E-state index contributed by atoms with van der Waals surface area (Å²) < 4.78 is 35.4. The average molecular weight is 579 g/mol. The molecule has 10 heteroatoms. The van der Waals surface area contributed by atoms with Crippen molar-refractivity contribution in [1.82, 2.24) is 9.99 Å². The van der Waals surface area contributed by atoms with E-state index < -0.39 is 22.5 Å². The summed E-state index contributed by atoms with van der Waals surface area (Å²) in [5, 5.41) is 4.35. The lowest BCUT2D eigenvalue weighted by molar-refractivity contribution is -0.119. The van der Waals surface area contributed by atoms with Crippen molar-refractivity contribution in [2.45, 2.75) is 32.6 Å². The summed E-state index contributed by atoms with van der Waals surface area (Å²) >= 11 is 6.28. The van der Waals surface area contributed by atoms with E-state index in [-0.39, 0.29) is 15.6 Å². The molecule has 1 heterocycles. The number of aromatic nitrogens is 1. The second-order valence-electron chi connectivity index (χ2n) is 9.34. The fourth-order valence-electron chi connectivity index (χ4n) is 4.61. The SMILES string of the molecule is COc1ccc(N(CC(=O)N/N=C\c2cc(C)n(-c3c(C)cccc3C)c2C)S(=O)(=O)c2ccccc2)cc1Cl. The normalized spacial score (nSPS) is 11.6. The van der Waals surface area contributed by atoms with E-state index in [0.29, 0.717) is 5.75 Å². The molecule has 8 nitrogen and oxygen atoms in total. The fraction of sp³-hybridized carbons (Fsp3) is 0.200. The number of rotatable bonds is 9. The molecule has 0 saturated heterocycles. The van der Waals surface area contributed by atoms with E-state index in [1.807, 2.05) is 26.0 Å². The molecule has 0 unspecified atom stereocenters. The van der Waals surface area contributed by atoms with Crippen molar-refractivity contribution in [1.29, 1.82) is 0 Å². The standard InChI is InChI=1S/C30H31ClN4O4S/c1-20-10-9-11-21(2)30(20)35-22(3)16-24(23(35)4)18-32-33-29(36)19-34(25-14-15-28(39-5)27(31)17-25)40(37,38)26-12-7-6-8-13-26/h6-18H,19H2,1-5H3,(H,33,36)/b32-18-. The van der Waals surface area contributed by atoms with Gasteiger partial charge in [-0.2, -0.15) is 5.10 Å². The molecule has 0 bridgehead atoms. The van der Waals surface area contributed by atoms with Gasteiger partial charge in [0.2, 0.25) is 0 Å². The summed E-state index contributed by atoms with van der Waals surface area (Å²) in [5.41, 5.74) is 8.92. The van der Waals surface area contributed by atoms with Crippen molar-refractivity contribution < 1.29 is 17.9 Å². The number of carbonyl (C=O) groups is 1. The van der Waals surface area contributed by atoms with Gasteiger partial charge in [0.25, 0.3) is 15.9 Å². The van der Waals surface area contributed by atoms with Crippen LogP contribution in [0.25, 0.3) is 5.69 Å². The minimum atomic E-state index is -4.09. The maximum absolute atomic E-state index is 13.5. The molecule has 0 radical (unpaired) electrons. The number of benzene rings is 3. The Morgan fingerprint density at radius 2 is 1.68 bits per heavy atom. The van der Waals surface area contributed by atoms with E-state index in [9.17, 15) is 13.2 Å². The van der Waals surface area contributed by atoms with Crippen LogP contribution in [0.1, 0.15) is 28.1 Å². The third kappa shape index (κ3) is 5.90. The van der Waals surface area contributed by atoms with Crippen LogP contribution in [0.15, 0.2) is 82.8 Å². The van der Waals surface area contributed by atoms with Crippen molar-refractivity contribution in [3.8, 4) is 11.4 Å². The van der Waals surface area contributed by atoms with Gasteiger partial charge in [0.1, 0.15) is 12.3 Å². The molecule has 40 heavy (non-hydrogen) atoms. The molecule has 4 aromatic rings. The van der Waals surface area contributed by atoms with E-state index in [2.05, 4.69) is 41.1 Å². The lowest BCUT2D eigenvalue weighted by atomic mass is 10.1. The molecule has 0 aliphatic heterocycles. The molecular weight excluding hydrogens is 548 g/mol. The summed E-state index contributed by atoms with van der Waals surface area (Å²) in [4.78, 5) is 13.0. The van der Waals surface area contributed by atoms with Crippen LogP contribution in [0.3, 0.4) is 0 Å². The predicted molar refractivity (Wildman–Crippen MR) is 159 cm³/mol. The molecule has 3 aromatic carbocycles. The third-order valence-electron chi connectivity index (χ3n) is 6.57. The number of para-hydroxylation sites is 1. The second kappa shape index (κ2) is 12.0. The van der Waals surface area contributed by atoms with Crippen LogP contribution < -0.4 is 14.5 Å². The summed E-state index contributed by atoms with van der Waals surface area (Å²) in [6, 6.07) is 20.6. The molecular formula is C30H31ClN4O4S. The zero-order chi connectivity index (χ0) is 29.0. The van der Waals surface area contributed by atoms with E-state index in [1.165, 1.54) is 31.4 Å². The quantitative estimate of drug-likeness (QED) is 0.203. The Hall–Kier alpha value is -4.08. The largest absolute Gasteiger partial charge is 0.495 e. The van der Waals surface area contributed by atoms with Gasteiger partial charge in [-0.25, -0.2) is 13.8 Å². The molecule has 1 N–H and O–H groups in total. The molecule has 4 rings (SSSR count). The van der Waals surface area contributed by atoms with Crippen LogP contribution >= 0.6 is 11.6 Å². The number of hydrogen-bond acceptors (Lipinski definition) is 5. The highest BCUT2D eigenvalue weighted by Gasteiger charge is 2.27. The number of nitrogens with one attached hydrogen (secondary N) is 1. The minimum absolute atomic E-state index is 0.0391. The number of hydrogen-bond donors (Lipinski definition) is 1. The molecule has 0 aliphatic rings. The molecule has 208 valence electrons. The summed E-state index contributed by atoms with van der Waals surface area (Å²) in [5.74, 6) is -0.235. The average Bonchev–Trinajstić information content (AvgIpc) is 3.20. The highest BCUT2D eigenvalue weighted by Crippen LogP contribution is 2.32. The summed E-state index contributed by atoms with van der Waals surface area (Å²) in [7, 11) is -2.63. The highest BCUT2D eigenvalue weighted by atomic mass is 35.5. The zero-order valence-corrected chi connectivity index (χ0v) is 24.5. The van der Waals surface area contributed by atoms with Crippen molar-refractivity contribution in [2.75, 3.05) is 18.0 Å². The van der Waals surface area contributed by atoms with Crippen LogP contribution in [0.2, 0.25) is 5.02 Å². The molecule has 1 amide bonds. The first-order valence-corrected chi connectivity index (χ1v) is 14.3. The van der Waals surface area contributed by atoms with Crippen molar-refractivity contribution in [3.05, 3.63) is 106 Å². The first kappa shape index (κ1) is 28.9. The number of hydrazone groups is 1. The molecule has 0 aliphatic carbocycles. The van der Waals surface area contributed by atoms with Crippen LogP contribution in [0.4, 0.5) is 5.69 Å². The highest BCUT2D eigenvalue weighted by molar-refractivity contribution is 7.92. The van der Waals surface area contributed by atoms with Crippen LogP contribution in [0, 0.1) is 27.7 Å². The Bertz CT molecular complexity index is 1660. The van der Waals surface area contributed by atoms with E-state index >= 15 is 0 Å². The number of aryl methyl sites for hydroxylation is 3. The Morgan fingerprint density at radius 1 is 1.00 bits per heavy atom. The number of halogens is 1. The van der Waals surface area contributed by atoms with E-state index in [0.717, 1.165) is 38.1 Å². The maximum atomic E-state index is 13.5. The first-order valence-electron chi connectivity index (χ1n) is 12.5. The van der Waals surface area contributed by atoms with Crippen molar-refractivity contribution >= 4 is 39.4 Å². The van der Waals surface area contributed by atoms with Gasteiger partial charge in [-0.05, 0) is 75.2 Å².